The van der Waals surface area contributed by atoms with Crippen LogP contribution in [0.4, 0.5) is 0 Å². The van der Waals surface area contributed by atoms with Crippen LogP contribution in [0.1, 0.15) is 5.56 Å². The van der Waals surface area contributed by atoms with Gasteiger partial charge in [0.1, 0.15) is 5.75 Å². The Morgan fingerprint density at radius 2 is 1.86 bits per heavy atom. The van der Waals surface area contributed by atoms with E-state index in [9.17, 15) is 8.42 Å². The third kappa shape index (κ3) is 4.56. The molecule has 0 bridgehead atoms. The van der Waals surface area contributed by atoms with E-state index in [1.165, 1.54) is 0 Å². The highest BCUT2D eigenvalue weighted by Gasteiger charge is 2.12. The van der Waals surface area contributed by atoms with Crippen molar-refractivity contribution in [2.45, 2.75) is 11.3 Å². The number of hydrogen-bond donors (Lipinski definition) is 1. The Hall–Kier alpha value is -1.37. The van der Waals surface area contributed by atoms with Crippen LogP contribution in [0.15, 0.2) is 57.9 Å². The Balaban J connectivity index is 1.97. The molecule has 112 valence electrons. The monoisotopic (exact) mass is 369 g/mol. The van der Waals surface area contributed by atoms with E-state index >= 15 is 0 Å². The third-order valence-electron chi connectivity index (χ3n) is 2.96. The number of rotatable bonds is 6. The van der Waals surface area contributed by atoms with Gasteiger partial charge in [-0.2, -0.15) is 0 Å². The molecule has 0 saturated heterocycles. The number of ether oxygens (including phenoxy) is 1. The van der Waals surface area contributed by atoms with Crippen molar-refractivity contribution in [2.75, 3.05) is 13.7 Å². The molecule has 0 amide bonds. The Kier molecular flexibility index (Phi) is 5.39. The minimum absolute atomic E-state index is 0.261. The van der Waals surface area contributed by atoms with E-state index in [0.29, 0.717) is 13.0 Å². The second-order valence-corrected chi connectivity index (χ2v) is 7.14. The summed E-state index contributed by atoms with van der Waals surface area (Å²) in [6, 6.07) is 14.1. The molecular formula is C15H16BrNO3S. The molecule has 0 aromatic heterocycles. The summed E-state index contributed by atoms with van der Waals surface area (Å²) in [6.45, 7) is 0.339. The second-order valence-electron chi connectivity index (χ2n) is 4.45. The number of nitrogens with one attached hydrogen (secondary N) is 1. The smallest absolute Gasteiger partial charge is 0.240 e. The van der Waals surface area contributed by atoms with Crippen molar-refractivity contribution in [3.8, 4) is 5.75 Å². The van der Waals surface area contributed by atoms with Gasteiger partial charge in [0.05, 0.1) is 12.0 Å². The fraction of sp³-hybridized carbons (Fsp3) is 0.200. The predicted octanol–water partition coefficient (Wildman–Crippen LogP) is 2.98. The van der Waals surface area contributed by atoms with Crippen molar-refractivity contribution in [1.82, 2.24) is 4.72 Å². The summed E-state index contributed by atoms with van der Waals surface area (Å²) in [5.41, 5.74) is 1.02. The quantitative estimate of drug-likeness (QED) is 0.851. The molecule has 21 heavy (non-hydrogen) atoms. The van der Waals surface area contributed by atoms with Gasteiger partial charge in [0.2, 0.25) is 10.0 Å². The number of sulfonamides is 1. The first-order chi connectivity index (χ1) is 10.0. The van der Waals surface area contributed by atoms with Crippen molar-refractivity contribution in [3.63, 3.8) is 0 Å². The van der Waals surface area contributed by atoms with E-state index in [4.69, 9.17) is 4.74 Å². The molecule has 0 heterocycles. The largest absolute Gasteiger partial charge is 0.497 e. The van der Waals surface area contributed by atoms with E-state index in [1.807, 2.05) is 24.3 Å². The van der Waals surface area contributed by atoms with Gasteiger partial charge in [-0.25, -0.2) is 13.1 Å². The molecule has 0 aliphatic carbocycles. The van der Waals surface area contributed by atoms with Gasteiger partial charge >= 0.3 is 0 Å². The van der Waals surface area contributed by atoms with Gasteiger partial charge in [0, 0.05) is 11.0 Å². The highest BCUT2D eigenvalue weighted by molar-refractivity contribution is 9.10. The fourth-order valence-electron chi connectivity index (χ4n) is 1.85. The van der Waals surface area contributed by atoms with E-state index in [1.54, 1.807) is 31.4 Å². The molecule has 0 aliphatic heterocycles. The van der Waals surface area contributed by atoms with E-state index in [2.05, 4.69) is 20.7 Å². The first-order valence-corrected chi connectivity index (χ1v) is 8.67. The van der Waals surface area contributed by atoms with Gasteiger partial charge < -0.3 is 4.74 Å². The van der Waals surface area contributed by atoms with Crippen LogP contribution in [0.3, 0.4) is 0 Å². The predicted molar refractivity (Wildman–Crippen MR) is 86.0 cm³/mol. The van der Waals surface area contributed by atoms with Crippen LogP contribution in [0.25, 0.3) is 0 Å². The van der Waals surface area contributed by atoms with Crippen molar-refractivity contribution >= 4 is 26.0 Å². The highest BCUT2D eigenvalue weighted by Crippen LogP contribution is 2.15. The van der Waals surface area contributed by atoms with Crippen molar-refractivity contribution in [2.24, 2.45) is 0 Å². The van der Waals surface area contributed by atoms with Crippen LogP contribution >= 0.6 is 15.9 Å². The number of benzene rings is 2. The van der Waals surface area contributed by atoms with Gasteiger partial charge in [-0.05, 0) is 48.4 Å². The first kappa shape index (κ1) is 16.0. The summed E-state index contributed by atoms with van der Waals surface area (Å²) in [6.07, 6.45) is 0.604. The molecule has 0 radical (unpaired) electrons. The summed E-state index contributed by atoms with van der Waals surface area (Å²) in [5, 5.41) is 0. The highest BCUT2D eigenvalue weighted by atomic mass is 79.9. The van der Waals surface area contributed by atoms with Crippen molar-refractivity contribution < 1.29 is 13.2 Å². The van der Waals surface area contributed by atoms with Crippen molar-refractivity contribution in [3.05, 3.63) is 58.6 Å². The van der Waals surface area contributed by atoms with Crippen molar-refractivity contribution in [1.29, 1.82) is 0 Å². The van der Waals surface area contributed by atoms with Crippen LogP contribution in [-0.4, -0.2) is 22.1 Å². The summed E-state index contributed by atoms with van der Waals surface area (Å²) in [4.78, 5) is 0.261. The number of halogens is 1. The molecule has 0 fully saturated rings. The van der Waals surface area contributed by atoms with Crippen LogP contribution < -0.4 is 9.46 Å². The van der Waals surface area contributed by atoms with Crippen LogP contribution in [0.2, 0.25) is 0 Å². The van der Waals surface area contributed by atoms with Crippen LogP contribution in [0.5, 0.6) is 5.75 Å². The molecule has 0 saturated carbocycles. The molecule has 0 atom stereocenters. The summed E-state index contributed by atoms with van der Waals surface area (Å²) >= 11 is 3.28. The summed E-state index contributed by atoms with van der Waals surface area (Å²) in [5.74, 6) is 0.767. The normalized spacial score (nSPS) is 11.3. The Morgan fingerprint density at radius 1 is 1.14 bits per heavy atom. The lowest BCUT2D eigenvalue weighted by molar-refractivity contribution is 0.414. The minimum Gasteiger partial charge on any atom is -0.497 e. The van der Waals surface area contributed by atoms with E-state index in [0.717, 1.165) is 15.8 Å². The lowest BCUT2D eigenvalue weighted by Crippen LogP contribution is -2.25. The topological polar surface area (TPSA) is 55.4 Å². The van der Waals surface area contributed by atoms with Crippen LogP contribution in [0, 0.1) is 0 Å². The Bertz CT molecular complexity index is 699. The molecule has 6 heteroatoms. The van der Waals surface area contributed by atoms with Gasteiger partial charge in [-0.15, -0.1) is 0 Å². The molecular weight excluding hydrogens is 354 g/mol. The molecule has 2 rings (SSSR count). The van der Waals surface area contributed by atoms with Gasteiger partial charge in [0.15, 0.2) is 0 Å². The summed E-state index contributed by atoms with van der Waals surface area (Å²) in [7, 11) is -1.86. The SMILES string of the molecule is COc1cccc(CCNS(=O)(=O)c2ccc(Br)cc2)c1. The third-order valence-corrected chi connectivity index (χ3v) is 4.97. The molecule has 1 N–H and O–H groups in total. The molecule has 0 spiro atoms. The van der Waals surface area contributed by atoms with E-state index in [-0.39, 0.29) is 4.90 Å². The minimum atomic E-state index is -3.46. The standard InChI is InChI=1S/C15H16BrNO3S/c1-20-14-4-2-3-12(11-14)9-10-17-21(18,19)15-7-5-13(16)6-8-15/h2-8,11,17H,9-10H2,1H3. The average Bonchev–Trinajstić information content (AvgIpc) is 2.48. The Labute approximate surface area is 133 Å². The lowest BCUT2D eigenvalue weighted by atomic mass is 10.1. The first-order valence-electron chi connectivity index (χ1n) is 6.39. The molecule has 0 unspecified atom stereocenters. The number of methoxy groups -OCH3 is 1. The lowest BCUT2D eigenvalue weighted by Gasteiger charge is -2.08. The molecule has 2 aromatic carbocycles. The van der Waals surface area contributed by atoms with Crippen LogP contribution in [-0.2, 0) is 16.4 Å². The number of hydrogen-bond acceptors (Lipinski definition) is 3. The van der Waals surface area contributed by atoms with E-state index < -0.39 is 10.0 Å². The molecule has 4 nitrogen and oxygen atoms in total. The molecule has 2 aromatic rings. The zero-order valence-electron chi connectivity index (χ0n) is 11.5. The maximum atomic E-state index is 12.1. The zero-order chi connectivity index (χ0) is 15.3. The average molecular weight is 370 g/mol. The second kappa shape index (κ2) is 7.06. The Morgan fingerprint density at radius 3 is 2.52 bits per heavy atom. The van der Waals surface area contributed by atoms with Gasteiger partial charge in [0.25, 0.3) is 0 Å². The molecule has 0 aliphatic rings. The zero-order valence-corrected chi connectivity index (χ0v) is 13.9. The summed E-state index contributed by atoms with van der Waals surface area (Å²) < 4.78 is 32.8. The maximum absolute atomic E-state index is 12.1. The van der Waals surface area contributed by atoms with Gasteiger partial charge in [-0.1, -0.05) is 28.1 Å². The van der Waals surface area contributed by atoms with Gasteiger partial charge in [-0.3, -0.25) is 0 Å². The fourth-order valence-corrected chi connectivity index (χ4v) is 3.15. The maximum Gasteiger partial charge on any atom is 0.240 e.